The first-order valence-electron chi connectivity index (χ1n) is 6.94. The van der Waals surface area contributed by atoms with Crippen molar-refractivity contribution in [2.45, 2.75) is 0 Å². The molecule has 0 N–H and O–H groups in total. The largest absolute Gasteiger partial charge is 0.497 e. The summed E-state index contributed by atoms with van der Waals surface area (Å²) in [7, 11) is 3.44. The molecule has 3 aromatic rings. The summed E-state index contributed by atoms with van der Waals surface area (Å²) in [4.78, 5) is 12.0. The molecule has 3 rings (SSSR count). The van der Waals surface area contributed by atoms with E-state index < -0.39 is 0 Å². The monoisotopic (exact) mass is 292 g/mol. The summed E-state index contributed by atoms with van der Waals surface area (Å²) in [5, 5.41) is 6.21. The molecule has 0 radical (unpaired) electrons. The highest BCUT2D eigenvalue weighted by molar-refractivity contribution is 6.06. The Morgan fingerprint density at radius 2 is 1.95 bits per heavy atom. The van der Waals surface area contributed by atoms with Gasteiger partial charge in [-0.15, -0.1) is 0 Å². The number of fused-ring (bicyclic) bond motifs is 1. The number of aromatic nitrogens is 2. The molecular weight excluding hydrogens is 276 g/mol. The van der Waals surface area contributed by atoms with Crippen molar-refractivity contribution in [1.29, 1.82) is 0 Å². The maximum absolute atomic E-state index is 12.0. The molecular formula is C18H16N2O2. The highest BCUT2D eigenvalue weighted by Gasteiger charge is 2.04. The molecule has 110 valence electrons. The number of carbonyl (C=O) groups excluding carboxylic acids is 1. The van der Waals surface area contributed by atoms with Gasteiger partial charge in [0.1, 0.15) is 5.75 Å². The first-order chi connectivity index (χ1) is 10.7. The van der Waals surface area contributed by atoms with Crippen molar-refractivity contribution >= 4 is 22.6 Å². The third-order valence-electron chi connectivity index (χ3n) is 3.49. The molecule has 0 amide bonds. The van der Waals surface area contributed by atoms with Crippen LogP contribution in [0.2, 0.25) is 0 Å². The molecule has 0 saturated carbocycles. The summed E-state index contributed by atoms with van der Waals surface area (Å²) in [5.41, 5.74) is 1.57. The van der Waals surface area contributed by atoms with Gasteiger partial charge in [0.05, 0.1) is 18.9 Å². The van der Waals surface area contributed by atoms with Crippen LogP contribution < -0.4 is 4.74 Å². The van der Waals surface area contributed by atoms with Gasteiger partial charge >= 0.3 is 0 Å². The molecule has 0 aliphatic carbocycles. The normalized spacial score (nSPS) is 11.2. The second-order valence-corrected chi connectivity index (χ2v) is 5.07. The highest BCUT2D eigenvalue weighted by Crippen LogP contribution is 2.22. The summed E-state index contributed by atoms with van der Waals surface area (Å²) in [6, 6.07) is 12.0. The molecule has 0 bridgehead atoms. The lowest BCUT2D eigenvalue weighted by atomic mass is 10.1. The molecule has 1 aromatic heterocycles. The molecule has 0 unspecified atom stereocenters. The third-order valence-corrected chi connectivity index (χ3v) is 3.49. The van der Waals surface area contributed by atoms with Crippen LogP contribution in [0, 0.1) is 0 Å². The average molecular weight is 292 g/mol. The zero-order chi connectivity index (χ0) is 15.5. The van der Waals surface area contributed by atoms with Gasteiger partial charge < -0.3 is 4.74 Å². The van der Waals surface area contributed by atoms with E-state index in [0.29, 0.717) is 5.56 Å². The SMILES string of the molecule is COc1ccc2cc(C=CC(=O)c3cnn(C)c3)ccc2c1. The number of aryl methyl sites for hydroxylation is 1. The predicted octanol–water partition coefficient (Wildman–Crippen LogP) is 3.48. The van der Waals surface area contributed by atoms with Crippen LogP contribution in [0.5, 0.6) is 5.75 Å². The van der Waals surface area contributed by atoms with Crippen molar-refractivity contribution in [3.05, 3.63) is 66.0 Å². The lowest BCUT2D eigenvalue weighted by Gasteiger charge is -2.03. The average Bonchev–Trinajstić information content (AvgIpc) is 2.98. The fourth-order valence-corrected chi connectivity index (χ4v) is 2.29. The van der Waals surface area contributed by atoms with Crippen LogP contribution >= 0.6 is 0 Å². The summed E-state index contributed by atoms with van der Waals surface area (Å²) in [6.07, 6.45) is 6.67. The van der Waals surface area contributed by atoms with Crippen LogP contribution in [-0.2, 0) is 7.05 Å². The number of allylic oxidation sites excluding steroid dienone is 1. The smallest absolute Gasteiger partial charge is 0.189 e. The minimum absolute atomic E-state index is 0.0528. The van der Waals surface area contributed by atoms with Gasteiger partial charge in [0.2, 0.25) is 0 Å². The van der Waals surface area contributed by atoms with Gasteiger partial charge in [0, 0.05) is 13.2 Å². The van der Waals surface area contributed by atoms with Crippen LogP contribution in [0.25, 0.3) is 16.8 Å². The van der Waals surface area contributed by atoms with Crippen LogP contribution in [0.4, 0.5) is 0 Å². The van der Waals surface area contributed by atoms with Crippen molar-refractivity contribution in [2.24, 2.45) is 7.05 Å². The zero-order valence-corrected chi connectivity index (χ0v) is 12.5. The van der Waals surface area contributed by atoms with E-state index in [1.54, 1.807) is 37.3 Å². The number of methoxy groups -OCH3 is 1. The first-order valence-corrected chi connectivity index (χ1v) is 6.94. The van der Waals surface area contributed by atoms with E-state index in [1.165, 1.54) is 0 Å². The Kier molecular flexibility index (Phi) is 3.74. The topological polar surface area (TPSA) is 44.1 Å². The zero-order valence-electron chi connectivity index (χ0n) is 12.5. The number of ether oxygens (including phenoxy) is 1. The Hall–Kier alpha value is -2.88. The summed E-state index contributed by atoms with van der Waals surface area (Å²) < 4.78 is 6.83. The summed E-state index contributed by atoms with van der Waals surface area (Å²) >= 11 is 0. The Morgan fingerprint density at radius 3 is 2.68 bits per heavy atom. The lowest BCUT2D eigenvalue weighted by molar-refractivity contribution is 0.104. The summed E-state index contributed by atoms with van der Waals surface area (Å²) in [5.74, 6) is 0.783. The summed E-state index contributed by atoms with van der Waals surface area (Å²) in [6.45, 7) is 0. The number of hydrogen-bond donors (Lipinski definition) is 0. The van der Waals surface area contributed by atoms with Crippen molar-refractivity contribution in [1.82, 2.24) is 9.78 Å². The van der Waals surface area contributed by atoms with Crippen molar-refractivity contribution in [3.63, 3.8) is 0 Å². The lowest BCUT2D eigenvalue weighted by Crippen LogP contribution is -1.91. The predicted molar refractivity (Wildman–Crippen MR) is 87.1 cm³/mol. The van der Waals surface area contributed by atoms with Crippen molar-refractivity contribution < 1.29 is 9.53 Å². The standard InChI is InChI=1S/C18H16N2O2/c1-20-12-16(11-19-20)18(21)8-4-13-3-5-15-10-17(22-2)7-6-14(15)9-13/h3-12H,1-2H3. The number of ketones is 1. The van der Waals surface area contributed by atoms with Gasteiger partial charge in [-0.3, -0.25) is 9.48 Å². The Morgan fingerprint density at radius 1 is 1.18 bits per heavy atom. The van der Waals surface area contributed by atoms with Crippen LogP contribution in [0.15, 0.2) is 54.9 Å². The number of nitrogens with zero attached hydrogens (tertiary/aromatic N) is 2. The van der Waals surface area contributed by atoms with E-state index in [1.807, 2.05) is 42.5 Å². The van der Waals surface area contributed by atoms with E-state index in [4.69, 9.17) is 4.74 Å². The van der Waals surface area contributed by atoms with Crippen LogP contribution in [0.1, 0.15) is 15.9 Å². The number of carbonyl (C=O) groups is 1. The number of benzene rings is 2. The Labute approximate surface area is 128 Å². The van der Waals surface area contributed by atoms with Crippen LogP contribution in [0.3, 0.4) is 0 Å². The Balaban J connectivity index is 1.84. The van der Waals surface area contributed by atoms with E-state index in [-0.39, 0.29) is 5.78 Å². The molecule has 0 aliphatic heterocycles. The van der Waals surface area contributed by atoms with Gasteiger partial charge in [-0.2, -0.15) is 5.10 Å². The molecule has 0 atom stereocenters. The minimum Gasteiger partial charge on any atom is -0.497 e. The van der Waals surface area contributed by atoms with Gasteiger partial charge in [-0.05, 0) is 40.6 Å². The van der Waals surface area contributed by atoms with Gasteiger partial charge in [-0.1, -0.05) is 24.3 Å². The highest BCUT2D eigenvalue weighted by atomic mass is 16.5. The van der Waals surface area contributed by atoms with Gasteiger partial charge in [0.25, 0.3) is 0 Å². The maximum atomic E-state index is 12.0. The van der Waals surface area contributed by atoms with Crippen molar-refractivity contribution in [2.75, 3.05) is 7.11 Å². The molecule has 4 heteroatoms. The maximum Gasteiger partial charge on any atom is 0.189 e. The molecule has 0 spiro atoms. The second kappa shape index (κ2) is 5.85. The number of hydrogen-bond acceptors (Lipinski definition) is 3. The third kappa shape index (κ3) is 2.91. The molecule has 0 aliphatic rings. The fraction of sp³-hybridized carbons (Fsp3) is 0.111. The molecule has 2 aromatic carbocycles. The molecule has 22 heavy (non-hydrogen) atoms. The van der Waals surface area contributed by atoms with E-state index in [2.05, 4.69) is 5.10 Å². The van der Waals surface area contributed by atoms with Crippen molar-refractivity contribution in [3.8, 4) is 5.75 Å². The van der Waals surface area contributed by atoms with E-state index in [9.17, 15) is 4.79 Å². The quantitative estimate of drug-likeness (QED) is 0.546. The molecule has 1 heterocycles. The van der Waals surface area contributed by atoms with Crippen LogP contribution in [-0.4, -0.2) is 22.7 Å². The van der Waals surface area contributed by atoms with E-state index in [0.717, 1.165) is 22.1 Å². The minimum atomic E-state index is -0.0528. The second-order valence-electron chi connectivity index (χ2n) is 5.07. The first kappa shape index (κ1) is 14.1. The molecule has 0 fully saturated rings. The Bertz CT molecular complexity index is 862. The molecule has 0 saturated heterocycles. The van der Waals surface area contributed by atoms with Gasteiger partial charge in [0.15, 0.2) is 5.78 Å². The fourth-order valence-electron chi connectivity index (χ4n) is 2.29. The molecule has 4 nitrogen and oxygen atoms in total. The van der Waals surface area contributed by atoms with E-state index >= 15 is 0 Å². The number of rotatable bonds is 4. The van der Waals surface area contributed by atoms with Gasteiger partial charge in [-0.25, -0.2) is 0 Å².